The van der Waals surface area contributed by atoms with Crippen molar-refractivity contribution in [2.75, 3.05) is 13.7 Å². The molecule has 3 aromatic carbocycles. The van der Waals surface area contributed by atoms with Gasteiger partial charge in [-0.1, -0.05) is 54.1 Å². The summed E-state index contributed by atoms with van der Waals surface area (Å²) in [5.41, 5.74) is 3.52. The second-order valence-electron chi connectivity index (χ2n) is 8.03. The third-order valence-electron chi connectivity index (χ3n) is 5.60. The molecule has 5 nitrogen and oxygen atoms in total. The number of thiocarbonyl (C=S) groups is 1. The third-order valence-corrected chi connectivity index (χ3v) is 6.25. The number of fused-ring (bicyclic) bond motifs is 1. The molecule has 1 heterocycles. The molecule has 1 aromatic heterocycles. The van der Waals surface area contributed by atoms with E-state index < -0.39 is 0 Å². The Hall–Kier alpha value is -3.35. The van der Waals surface area contributed by atoms with E-state index in [1.165, 1.54) is 5.56 Å². The number of pyridine rings is 1. The molecule has 34 heavy (non-hydrogen) atoms. The van der Waals surface area contributed by atoms with E-state index in [9.17, 15) is 4.79 Å². The zero-order valence-electron chi connectivity index (χ0n) is 18.9. The van der Waals surface area contributed by atoms with Gasteiger partial charge >= 0.3 is 0 Å². The molecule has 0 radical (unpaired) electrons. The van der Waals surface area contributed by atoms with E-state index in [2.05, 4.69) is 22.4 Å². The van der Waals surface area contributed by atoms with Crippen LogP contribution in [0, 0.1) is 0 Å². The maximum absolute atomic E-state index is 12.9. The summed E-state index contributed by atoms with van der Waals surface area (Å²) in [5, 5.41) is 5.57. The van der Waals surface area contributed by atoms with Crippen LogP contribution in [0.25, 0.3) is 10.9 Å². The van der Waals surface area contributed by atoms with E-state index in [-0.39, 0.29) is 5.56 Å². The van der Waals surface area contributed by atoms with Crippen molar-refractivity contribution < 1.29 is 4.74 Å². The lowest BCUT2D eigenvalue weighted by Gasteiger charge is -2.26. The first-order valence-electron chi connectivity index (χ1n) is 11.0. The summed E-state index contributed by atoms with van der Waals surface area (Å²) in [6, 6.07) is 25.5. The first-order chi connectivity index (χ1) is 16.5. The molecule has 7 heteroatoms. The summed E-state index contributed by atoms with van der Waals surface area (Å²) in [6.45, 7) is 1.62. The fourth-order valence-electron chi connectivity index (χ4n) is 3.76. The lowest BCUT2D eigenvalue weighted by molar-refractivity contribution is 0.397. The molecule has 0 saturated heterocycles. The molecular formula is C27H26ClN3O2S. The van der Waals surface area contributed by atoms with Crippen molar-refractivity contribution in [1.29, 1.82) is 0 Å². The number of H-pyrrole nitrogens is 1. The summed E-state index contributed by atoms with van der Waals surface area (Å²) in [5.74, 6) is 0.698. The summed E-state index contributed by atoms with van der Waals surface area (Å²) in [4.78, 5) is 17.9. The maximum atomic E-state index is 12.9. The van der Waals surface area contributed by atoms with Gasteiger partial charge in [0.05, 0.1) is 19.2 Å². The Morgan fingerprint density at radius 3 is 2.50 bits per heavy atom. The fraction of sp³-hybridized carbons (Fsp3) is 0.185. The topological polar surface area (TPSA) is 57.4 Å². The predicted octanol–water partition coefficient (Wildman–Crippen LogP) is 5.31. The molecule has 0 spiro atoms. The highest BCUT2D eigenvalue weighted by Gasteiger charge is 2.14. The number of methoxy groups -OCH3 is 1. The fourth-order valence-corrected chi connectivity index (χ4v) is 4.11. The van der Waals surface area contributed by atoms with Crippen LogP contribution >= 0.6 is 23.8 Å². The number of benzene rings is 3. The number of aromatic nitrogens is 1. The van der Waals surface area contributed by atoms with E-state index in [1.54, 1.807) is 7.11 Å². The SMILES string of the molecule is COc1ccc2cc(CN(Cc3ccc(Cl)cc3)C(=S)NCCc3ccccc3)c(=O)[nH]c2c1. The molecule has 4 aromatic rings. The van der Waals surface area contributed by atoms with Gasteiger partial charge in [-0.15, -0.1) is 0 Å². The molecular weight excluding hydrogens is 466 g/mol. The van der Waals surface area contributed by atoms with Crippen LogP contribution in [0.1, 0.15) is 16.7 Å². The zero-order valence-corrected chi connectivity index (χ0v) is 20.5. The van der Waals surface area contributed by atoms with Crippen molar-refractivity contribution in [3.8, 4) is 5.75 Å². The van der Waals surface area contributed by atoms with Crippen LogP contribution in [0.2, 0.25) is 5.02 Å². The number of aromatic amines is 1. The average Bonchev–Trinajstić information content (AvgIpc) is 2.85. The molecule has 4 rings (SSSR count). The Bertz CT molecular complexity index is 1320. The van der Waals surface area contributed by atoms with Gasteiger partial charge in [0.1, 0.15) is 5.75 Å². The third kappa shape index (κ3) is 6.16. The Labute approximate surface area is 209 Å². The zero-order chi connectivity index (χ0) is 23.9. The van der Waals surface area contributed by atoms with Gasteiger partial charge in [-0.2, -0.15) is 0 Å². The largest absolute Gasteiger partial charge is 0.497 e. The van der Waals surface area contributed by atoms with Crippen molar-refractivity contribution in [1.82, 2.24) is 15.2 Å². The maximum Gasteiger partial charge on any atom is 0.253 e. The second kappa shape index (κ2) is 11.2. The Morgan fingerprint density at radius 2 is 1.76 bits per heavy atom. The summed E-state index contributed by atoms with van der Waals surface area (Å²) in [6.07, 6.45) is 0.855. The Kier molecular flexibility index (Phi) is 7.83. The Morgan fingerprint density at radius 1 is 1.00 bits per heavy atom. The number of hydrogen-bond donors (Lipinski definition) is 2. The van der Waals surface area contributed by atoms with Crippen LogP contribution in [0.4, 0.5) is 0 Å². The highest BCUT2D eigenvalue weighted by atomic mass is 35.5. The molecule has 2 N–H and O–H groups in total. The van der Waals surface area contributed by atoms with Gasteiger partial charge in [0.25, 0.3) is 5.56 Å². The molecule has 0 aliphatic rings. The lowest BCUT2D eigenvalue weighted by atomic mass is 10.1. The number of halogens is 1. The lowest BCUT2D eigenvalue weighted by Crippen LogP contribution is -2.40. The minimum Gasteiger partial charge on any atom is -0.497 e. The van der Waals surface area contributed by atoms with Crippen LogP contribution in [-0.2, 0) is 19.5 Å². The molecule has 0 saturated carbocycles. The van der Waals surface area contributed by atoms with Gasteiger partial charge in [-0.05, 0) is 65.5 Å². The molecule has 174 valence electrons. The second-order valence-corrected chi connectivity index (χ2v) is 8.85. The van der Waals surface area contributed by atoms with Gasteiger partial charge in [0.15, 0.2) is 5.11 Å². The number of nitrogens with zero attached hydrogens (tertiary/aromatic N) is 1. The van der Waals surface area contributed by atoms with Crippen LogP contribution in [-0.4, -0.2) is 28.7 Å². The summed E-state index contributed by atoms with van der Waals surface area (Å²) >= 11 is 11.8. The molecule has 0 aliphatic heterocycles. The molecule has 0 amide bonds. The van der Waals surface area contributed by atoms with Crippen molar-refractivity contribution >= 4 is 39.8 Å². The van der Waals surface area contributed by atoms with Gasteiger partial charge in [-0.3, -0.25) is 4.79 Å². The van der Waals surface area contributed by atoms with Gasteiger partial charge in [-0.25, -0.2) is 0 Å². The first kappa shape index (κ1) is 23.8. The van der Waals surface area contributed by atoms with Crippen molar-refractivity contribution in [3.05, 3.63) is 111 Å². The minimum absolute atomic E-state index is 0.144. The minimum atomic E-state index is -0.144. The van der Waals surface area contributed by atoms with Crippen LogP contribution < -0.4 is 15.6 Å². The Balaban J connectivity index is 1.54. The number of hydrogen-bond acceptors (Lipinski definition) is 3. The van der Waals surface area contributed by atoms with Crippen LogP contribution in [0.5, 0.6) is 5.75 Å². The van der Waals surface area contributed by atoms with Gasteiger partial charge in [0.2, 0.25) is 0 Å². The van der Waals surface area contributed by atoms with E-state index in [1.807, 2.05) is 71.6 Å². The molecule has 0 atom stereocenters. The molecule has 0 aliphatic carbocycles. The highest BCUT2D eigenvalue weighted by molar-refractivity contribution is 7.80. The van der Waals surface area contributed by atoms with Crippen molar-refractivity contribution in [2.45, 2.75) is 19.5 Å². The highest BCUT2D eigenvalue weighted by Crippen LogP contribution is 2.20. The number of ether oxygens (including phenoxy) is 1. The molecule has 0 unspecified atom stereocenters. The predicted molar refractivity (Wildman–Crippen MR) is 143 cm³/mol. The van der Waals surface area contributed by atoms with E-state index in [0.717, 1.165) is 22.9 Å². The van der Waals surface area contributed by atoms with E-state index in [0.29, 0.717) is 41.1 Å². The average molecular weight is 492 g/mol. The number of nitrogens with one attached hydrogen (secondary N) is 2. The van der Waals surface area contributed by atoms with Crippen molar-refractivity contribution in [3.63, 3.8) is 0 Å². The molecule has 0 fully saturated rings. The number of rotatable bonds is 8. The smallest absolute Gasteiger partial charge is 0.253 e. The van der Waals surface area contributed by atoms with Gasteiger partial charge in [0, 0.05) is 29.7 Å². The summed E-state index contributed by atoms with van der Waals surface area (Å²) < 4.78 is 5.27. The molecule has 0 bridgehead atoms. The van der Waals surface area contributed by atoms with E-state index in [4.69, 9.17) is 28.6 Å². The first-order valence-corrected chi connectivity index (χ1v) is 11.8. The van der Waals surface area contributed by atoms with Crippen LogP contribution in [0.15, 0.2) is 83.7 Å². The van der Waals surface area contributed by atoms with Crippen LogP contribution in [0.3, 0.4) is 0 Å². The summed E-state index contributed by atoms with van der Waals surface area (Å²) in [7, 11) is 1.61. The normalized spacial score (nSPS) is 10.8. The van der Waals surface area contributed by atoms with Gasteiger partial charge < -0.3 is 19.9 Å². The van der Waals surface area contributed by atoms with E-state index >= 15 is 0 Å². The standard InChI is InChI=1S/C27H26ClN3O2S/c1-33-24-12-9-21-15-22(26(32)30-25(21)16-24)18-31(17-20-7-10-23(28)11-8-20)27(34)29-14-13-19-5-3-2-4-6-19/h2-12,15-16H,13-14,17-18H2,1H3,(H,29,34)(H,30,32). The monoisotopic (exact) mass is 491 g/mol. The quantitative estimate of drug-likeness (QED) is 0.327. The van der Waals surface area contributed by atoms with Crippen molar-refractivity contribution in [2.24, 2.45) is 0 Å².